The van der Waals surface area contributed by atoms with Crippen LogP contribution in [0.2, 0.25) is 0 Å². The maximum Gasteiger partial charge on any atom is 0.195 e. The van der Waals surface area contributed by atoms with Gasteiger partial charge in [-0.15, -0.1) is 0 Å². The number of amidine groups is 1. The minimum Gasteiger partial charge on any atom is -0.357 e. The van der Waals surface area contributed by atoms with Gasteiger partial charge in [0, 0.05) is 25.0 Å². The van der Waals surface area contributed by atoms with Crippen molar-refractivity contribution in [2.45, 2.75) is 12.3 Å². The first kappa shape index (κ1) is 20.1. The average Bonchev–Trinajstić information content (AvgIpc) is 2.76. The van der Waals surface area contributed by atoms with Crippen molar-refractivity contribution in [2.75, 3.05) is 11.9 Å². The van der Waals surface area contributed by atoms with Crippen molar-refractivity contribution in [2.24, 2.45) is 4.99 Å². The topological polar surface area (TPSA) is 27.6 Å². The van der Waals surface area contributed by atoms with E-state index >= 15 is 0 Å². The highest BCUT2D eigenvalue weighted by atomic mass is 32.2. The molecular formula is C23H23N3S2. The van der Waals surface area contributed by atoms with Crippen LogP contribution in [0.1, 0.15) is 11.1 Å². The molecule has 0 heterocycles. The number of nitrogens with one attached hydrogen (secondary N) is 1. The molecule has 3 aromatic rings. The average molecular weight is 406 g/mol. The van der Waals surface area contributed by atoms with Crippen LogP contribution >= 0.6 is 24.0 Å². The molecule has 0 atom stereocenters. The summed E-state index contributed by atoms with van der Waals surface area (Å²) in [5, 5.41) is 4.59. The molecule has 0 aliphatic rings. The molecule has 1 N–H and O–H groups in total. The van der Waals surface area contributed by atoms with Gasteiger partial charge in [-0.1, -0.05) is 90.6 Å². The van der Waals surface area contributed by atoms with E-state index < -0.39 is 0 Å². The fraction of sp³-hybridized carbons (Fsp3) is 0.130. The molecule has 0 aliphatic heterocycles. The minimum atomic E-state index is 0.488. The SMILES string of the molecule is CN(C(=NC(=S)NCc1ccccc1)SCc1ccccc1)c1ccccc1. The van der Waals surface area contributed by atoms with E-state index in [1.165, 1.54) is 11.1 Å². The Balaban J connectivity index is 1.72. The van der Waals surface area contributed by atoms with Gasteiger partial charge in [0.05, 0.1) is 0 Å². The third-order valence-corrected chi connectivity index (χ3v) is 5.46. The molecule has 0 saturated carbocycles. The lowest BCUT2D eigenvalue weighted by Crippen LogP contribution is -2.27. The third-order valence-electron chi connectivity index (χ3n) is 4.12. The minimum absolute atomic E-state index is 0.488. The van der Waals surface area contributed by atoms with Crippen LogP contribution in [0.15, 0.2) is 96.0 Å². The summed E-state index contributed by atoms with van der Waals surface area (Å²) >= 11 is 7.17. The van der Waals surface area contributed by atoms with E-state index in [0.29, 0.717) is 11.7 Å². The van der Waals surface area contributed by atoms with E-state index in [9.17, 15) is 0 Å². The smallest absolute Gasteiger partial charge is 0.195 e. The number of aliphatic imine (C=N–C) groups is 1. The monoisotopic (exact) mass is 405 g/mol. The first-order valence-electron chi connectivity index (χ1n) is 9.08. The molecule has 0 saturated heterocycles. The standard InChI is InChI=1S/C23H23N3S2/c1-26(21-15-9-4-10-16-21)23(28-18-20-13-7-3-8-14-20)25-22(27)24-17-19-11-5-2-6-12-19/h2-16H,17-18H2,1H3,(H,24,27). The first-order valence-corrected chi connectivity index (χ1v) is 10.5. The number of rotatable bonds is 5. The zero-order valence-corrected chi connectivity index (χ0v) is 17.4. The van der Waals surface area contributed by atoms with E-state index in [-0.39, 0.29) is 0 Å². The molecule has 0 fully saturated rings. The molecule has 0 aromatic heterocycles. The second-order valence-electron chi connectivity index (χ2n) is 6.21. The van der Waals surface area contributed by atoms with Crippen LogP contribution in [0.25, 0.3) is 0 Å². The molecule has 0 radical (unpaired) electrons. The molecule has 3 nitrogen and oxygen atoms in total. The predicted octanol–water partition coefficient (Wildman–Crippen LogP) is 5.49. The predicted molar refractivity (Wildman–Crippen MR) is 126 cm³/mol. The molecule has 3 aromatic carbocycles. The highest BCUT2D eigenvalue weighted by Gasteiger charge is 2.11. The zero-order valence-electron chi connectivity index (χ0n) is 15.8. The molecule has 0 spiro atoms. The normalized spacial score (nSPS) is 11.1. The Morgan fingerprint density at radius 2 is 1.39 bits per heavy atom. The second kappa shape index (κ2) is 10.6. The molecule has 0 aliphatic carbocycles. The van der Waals surface area contributed by atoms with Gasteiger partial charge < -0.3 is 10.2 Å². The van der Waals surface area contributed by atoms with E-state index in [0.717, 1.165) is 16.6 Å². The molecule has 5 heteroatoms. The fourth-order valence-corrected chi connectivity index (χ4v) is 3.75. The second-order valence-corrected chi connectivity index (χ2v) is 7.54. The van der Waals surface area contributed by atoms with Gasteiger partial charge in [-0.2, -0.15) is 4.99 Å². The van der Waals surface area contributed by atoms with Gasteiger partial charge in [-0.05, 0) is 35.5 Å². The Morgan fingerprint density at radius 3 is 2.00 bits per heavy atom. The van der Waals surface area contributed by atoms with Crippen LogP contribution in [0.3, 0.4) is 0 Å². The summed E-state index contributed by atoms with van der Waals surface area (Å²) < 4.78 is 0. The molecule has 0 bridgehead atoms. The number of para-hydroxylation sites is 1. The van der Waals surface area contributed by atoms with Crippen molar-refractivity contribution >= 4 is 39.9 Å². The molecule has 28 heavy (non-hydrogen) atoms. The summed E-state index contributed by atoms with van der Waals surface area (Å²) in [5.41, 5.74) is 3.51. The highest BCUT2D eigenvalue weighted by Crippen LogP contribution is 2.21. The van der Waals surface area contributed by atoms with Crippen LogP contribution in [-0.4, -0.2) is 17.3 Å². The summed E-state index contributed by atoms with van der Waals surface area (Å²) in [4.78, 5) is 6.78. The summed E-state index contributed by atoms with van der Waals surface area (Å²) in [6.07, 6.45) is 0. The van der Waals surface area contributed by atoms with E-state index in [4.69, 9.17) is 17.2 Å². The van der Waals surface area contributed by atoms with E-state index in [2.05, 4.69) is 58.7 Å². The molecule has 0 unspecified atom stereocenters. The molecule has 3 rings (SSSR count). The molecule has 142 valence electrons. The van der Waals surface area contributed by atoms with Gasteiger partial charge in [-0.25, -0.2) is 0 Å². The summed E-state index contributed by atoms with van der Waals surface area (Å²) in [7, 11) is 2.02. The van der Waals surface area contributed by atoms with Crippen molar-refractivity contribution in [3.63, 3.8) is 0 Å². The maximum atomic E-state index is 5.49. The summed E-state index contributed by atoms with van der Waals surface area (Å²) in [6.45, 7) is 0.662. The van der Waals surface area contributed by atoms with Gasteiger partial charge in [0.1, 0.15) is 0 Å². The highest BCUT2D eigenvalue weighted by molar-refractivity contribution is 8.13. The van der Waals surface area contributed by atoms with Gasteiger partial charge >= 0.3 is 0 Å². The number of hydrogen-bond donors (Lipinski definition) is 1. The first-order chi connectivity index (χ1) is 13.7. The van der Waals surface area contributed by atoms with Crippen molar-refractivity contribution in [3.8, 4) is 0 Å². The maximum absolute atomic E-state index is 5.49. The lowest BCUT2D eigenvalue weighted by atomic mass is 10.2. The van der Waals surface area contributed by atoms with Gasteiger partial charge in [0.2, 0.25) is 0 Å². The van der Waals surface area contributed by atoms with Crippen LogP contribution < -0.4 is 10.2 Å². The van der Waals surface area contributed by atoms with Gasteiger partial charge in [0.25, 0.3) is 0 Å². The Bertz CT molecular complexity index is 897. The van der Waals surface area contributed by atoms with Crippen LogP contribution in [0.4, 0.5) is 5.69 Å². The van der Waals surface area contributed by atoms with Crippen LogP contribution in [0.5, 0.6) is 0 Å². The van der Waals surface area contributed by atoms with Crippen molar-refractivity contribution in [1.82, 2.24) is 5.32 Å². The molecular weight excluding hydrogens is 382 g/mol. The molecule has 0 amide bonds. The van der Waals surface area contributed by atoms with Gasteiger partial charge in [0.15, 0.2) is 10.3 Å². The van der Waals surface area contributed by atoms with Crippen LogP contribution in [-0.2, 0) is 12.3 Å². The van der Waals surface area contributed by atoms with Crippen LogP contribution in [0, 0.1) is 0 Å². The third kappa shape index (κ3) is 6.22. The Morgan fingerprint density at radius 1 is 0.857 bits per heavy atom. The number of thioether (sulfide) groups is 1. The van der Waals surface area contributed by atoms with Crippen molar-refractivity contribution in [1.29, 1.82) is 0 Å². The lowest BCUT2D eigenvalue weighted by molar-refractivity contribution is 0.920. The Labute approximate surface area is 176 Å². The van der Waals surface area contributed by atoms with Gasteiger partial charge in [-0.3, -0.25) is 0 Å². The zero-order chi connectivity index (χ0) is 19.6. The number of nitrogens with zero attached hydrogens (tertiary/aromatic N) is 2. The number of anilines is 1. The lowest BCUT2D eigenvalue weighted by Gasteiger charge is -2.21. The quantitative estimate of drug-likeness (QED) is 0.345. The fourth-order valence-electron chi connectivity index (χ4n) is 2.59. The number of benzene rings is 3. The Hall–Kier alpha value is -2.63. The summed E-state index contributed by atoms with van der Waals surface area (Å²) in [6, 6.07) is 30.8. The number of hydrogen-bond acceptors (Lipinski definition) is 2. The number of thiocarbonyl (C=S) groups is 1. The summed E-state index contributed by atoms with van der Waals surface area (Å²) in [5.74, 6) is 0.831. The largest absolute Gasteiger partial charge is 0.357 e. The van der Waals surface area contributed by atoms with E-state index in [1.54, 1.807) is 11.8 Å². The van der Waals surface area contributed by atoms with E-state index in [1.807, 2.05) is 49.5 Å². The Kier molecular flexibility index (Phi) is 7.64. The van der Waals surface area contributed by atoms with Crippen molar-refractivity contribution < 1.29 is 0 Å². The van der Waals surface area contributed by atoms with Crippen molar-refractivity contribution in [3.05, 3.63) is 102 Å².